The highest BCUT2D eigenvalue weighted by Crippen LogP contribution is 2.16. The van der Waals surface area contributed by atoms with Crippen molar-refractivity contribution in [3.05, 3.63) is 0 Å². The maximum atomic E-state index is 12.0. The van der Waals surface area contributed by atoms with E-state index in [1.54, 1.807) is 11.8 Å². The molecular formula is C12H22N2O2. The smallest absolute Gasteiger partial charge is 0.245 e. The lowest BCUT2D eigenvalue weighted by Gasteiger charge is -2.38. The minimum Gasteiger partial charge on any atom is -0.343 e. The lowest BCUT2D eigenvalue weighted by molar-refractivity contribution is -0.149. The van der Waals surface area contributed by atoms with Gasteiger partial charge in [-0.05, 0) is 19.3 Å². The molecule has 2 amide bonds. The van der Waals surface area contributed by atoms with Crippen LogP contribution < -0.4 is 5.32 Å². The second kappa shape index (κ2) is 5.32. The zero-order valence-electron chi connectivity index (χ0n) is 10.6. The molecule has 1 aliphatic heterocycles. The molecule has 1 fully saturated rings. The molecule has 1 rings (SSSR count). The molecule has 0 radical (unpaired) electrons. The normalized spacial score (nSPS) is 26.2. The lowest BCUT2D eigenvalue weighted by Crippen LogP contribution is -2.62. The molecule has 1 heterocycles. The second-order valence-corrected chi connectivity index (χ2v) is 4.92. The number of nitrogens with zero attached hydrogens (tertiary/aromatic N) is 1. The Kier molecular flexibility index (Phi) is 4.33. The number of amides is 2. The van der Waals surface area contributed by atoms with Gasteiger partial charge in [0.1, 0.15) is 12.1 Å². The minimum absolute atomic E-state index is 0.00500. The van der Waals surface area contributed by atoms with E-state index in [4.69, 9.17) is 0 Å². The van der Waals surface area contributed by atoms with Crippen LogP contribution in [0, 0.1) is 5.92 Å². The van der Waals surface area contributed by atoms with Gasteiger partial charge in [0.05, 0.1) is 0 Å². The fraction of sp³-hybridized carbons (Fsp3) is 0.833. The molecule has 1 aliphatic rings. The number of nitrogens with one attached hydrogen (secondary N) is 1. The van der Waals surface area contributed by atoms with Gasteiger partial charge >= 0.3 is 0 Å². The largest absolute Gasteiger partial charge is 0.343 e. The summed E-state index contributed by atoms with van der Waals surface area (Å²) in [5, 5.41) is 2.74. The molecule has 16 heavy (non-hydrogen) atoms. The molecule has 0 saturated carbocycles. The molecule has 0 aliphatic carbocycles. The number of piperazine rings is 1. The molecule has 4 nitrogen and oxygen atoms in total. The maximum absolute atomic E-state index is 12.0. The second-order valence-electron chi connectivity index (χ2n) is 4.92. The topological polar surface area (TPSA) is 49.4 Å². The predicted octanol–water partition coefficient (Wildman–Crippen LogP) is 1.16. The van der Waals surface area contributed by atoms with Crippen LogP contribution in [0.25, 0.3) is 0 Å². The van der Waals surface area contributed by atoms with Gasteiger partial charge in [0, 0.05) is 6.54 Å². The highest BCUT2D eigenvalue weighted by atomic mass is 16.2. The van der Waals surface area contributed by atoms with Crippen molar-refractivity contribution in [2.45, 2.75) is 52.6 Å². The third-order valence-electron chi connectivity index (χ3n) is 2.82. The van der Waals surface area contributed by atoms with Crippen molar-refractivity contribution >= 4 is 11.8 Å². The quantitative estimate of drug-likeness (QED) is 0.782. The van der Waals surface area contributed by atoms with Crippen LogP contribution in [-0.4, -0.2) is 35.3 Å². The van der Waals surface area contributed by atoms with Gasteiger partial charge in [0.2, 0.25) is 11.8 Å². The van der Waals surface area contributed by atoms with Gasteiger partial charge in [-0.15, -0.1) is 0 Å². The summed E-state index contributed by atoms with van der Waals surface area (Å²) >= 11 is 0. The SMILES string of the molecule is CCCC1C(=O)NC(C)C(=O)N1CC(C)C. The first kappa shape index (κ1) is 13.0. The first-order valence-corrected chi connectivity index (χ1v) is 6.08. The minimum atomic E-state index is -0.376. The Morgan fingerprint density at radius 3 is 2.50 bits per heavy atom. The van der Waals surface area contributed by atoms with Crippen molar-refractivity contribution in [2.75, 3.05) is 6.54 Å². The van der Waals surface area contributed by atoms with Crippen molar-refractivity contribution in [2.24, 2.45) is 5.92 Å². The zero-order valence-corrected chi connectivity index (χ0v) is 10.6. The van der Waals surface area contributed by atoms with Crippen LogP contribution >= 0.6 is 0 Å². The first-order valence-electron chi connectivity index (χ1n) is 6.08. The van der Waals surface area contributed by atoms with E-state index in [0.717, 1.165) is 12.8 Å². The van der Waals surface area contributed by atoms with E-state index in [9.17, 15) is 9.59 Å². The van der Waals surface area contributed by atoms with Gasteiger partial charge in [0.15, 0.2) is 0 Å². The van der Waals surface area contributed by atoms with Crippen LogP contribution in [0.3, 0.4) is 0 Å². The number of hydrogen-bond donors (Lipinski definition) is 1. The molecule has 92 valence electrons. The zero-order chi connectivity index (χ0) is 12.3. The van der Waals surface area contributed by atoms with Crippen molar-refractivity contribution in [1.82, 2.24) is 10.2 Å². The first-order chi connectivity index (χ1) is 7.47. The summed E-state index contributed by atoms with van der Waals surface area (Å²) in [6, 6.07) is -0.643. The molecule has 0 aromatic rings. The fourth-order valence-electron chi connectivity index (χ4n) is 2.09. The predicted molar refractivity (Wildman–Crippen MR) is 62.9 cm³/mol. The molecule has 0 spiro atoms. The highest BCUT2D eigenvalue weighted by molar-refractivity contribution is 5.96. The standard InChI is InChI=1S/C12H22N2O2/c1-5-6-10-11(15)13-9(4)12(16)14(10)7-8(2)3/h8-10H,5-7H2,1-4H3,(H,13,15). The van der Waals surface area contributed by atoms with Crippen molar-refractivity contribution < 1.29 is 9.59 Å². The number of rotatable bonds is 4. The van der Waals surface area contributed by atoms with Gasteiger partial charge in [0.25, 0.3) is 0 Å². The Morgan fingerprint density at radius 1 is 1.38 bits per heavy atom. The molecule has 0 aromatic heterocycles. The van der Waals surface area contributed by atoms with Gasteiger partial charge < -0.3 is 10.2 Å². The van der Waals surface area contributed by atoms with Crippen molar-refractivity contribution in [3.63, 3.8) is 0 Å². The van der Waals surface area contributed by atoms with E-state index in [2.05, 4.69) is 19.2 Å². The Labute approximate surface area is 97.4 Å². The van der Waals surface area contributed by atoms with Gasteiger partial charge in [-0.2, -0.15) is 0 Å². The van der Waals surface area contributed by atoms with Gasteiger partial charge in [-0.25, -0.2) is 0 Å². The van der Waals surface area contributed by atoms with Crippen LogP contribution in [0.15, 0.2) is 0 Å². The molecule has 0 aromatic carbocycles. The lowest BCUT2D eigenvalue weighted by atomic mass is 10.0. The summed E-state index contributed by atoms with van der Waals surface area (Å²) < 4.78 is 0. The summed E-state index contributed by atoms with van der Waals surface area (Å²) in [7, 11) is 0. The fourth-order valence-corrected chi connectivity index (χ4v) is 2.09. The van der Waals surface area contributed by atoms with Crippen LogP contribution in [0.1, 0.15) is 40.5 Å². The van der Waals surface area contributed by atoms with E-state index >= 15 is 0 Å². The summed E-state index contributed by atoms with van der Waals surface area (Å²) in [6.07, 6.45) is 1.66. The van der Waals surface area contributed by atoms with Crippen LogP contribution in [0.4, 0.5) is 0 Å². The molecule has 1 saturated heterocycles. The summed E-state index contributed by atoms with van der Waals surface area (Å²) in [6.45, 7) is 8.57. The van der Waals surface area contributed by atoms with Crippen molar-refractivity contribution in [1.29, 1.82) is 0 Å². The van der Waals surface area contributed by atoms with E-state index in [1.807, 2.05) is 6.92 Å². The average Bonchev–Trinajstić information content (AvgIpc) is 2.19. The Morgan fingerprint density at radius 2 is 2.00 bits per heavy atom. The van der Waals surface area contributed by atoms with Crippen LogP contribution in [-0.2, 0) is 9.59 Å². The maximum Gasteiger partial charge on any atom is 0.245 e. The van der Waals surface area contributed by atoms with E-state index in [1.165, 1.54) is 0 Å². The Bertz CT molecular complexity index is 276. The summed E-state index contributed by atoms with van der Waals surface area (Å²) in [5.41, 5.74) is 0. The molecule has 1 N–H and O–H groups in total. The Hall–Kier alpha value is -1.06. The molecule has 0 bridgehead atoms. The van der Waals surface area contributed by atoms with Crippen LogP contribution in [0.5, 0.6) is 0 Å². The third-order valence-corrected chi connectivity index (χ3v) is 2.82. The van der Waals surface area contributed by atoms with Gasteiger partial charge in [-0.1, -0.05) is 27.2 Å². The number of carbonyl (C=O) groups is 2. The molecule has 2 atom stereocenters. The summed E-state index contributed by atoms with van der Waals surface area (Å²) in [4.78, 5) is 25.6. The van der Waals surface area contributed by atoms with Crippen molar-refractivity contribution in [3.8, 4) is 0 Å². The third kappa shape index (κ3) is 2.74. The highest BCUT2D eigenvalue weighted by Gasteiger charge is 2.37. The van der Waals surface area contributed by atoms with Gasteiger partial charge in [-0.3, -0.25) is 9.59 Å². The molecule has 2 unspecified atom stereocenters. The monoisotopic (exact) mass is 226 g/mol. The Balaban J connectivity index is 2.83. The molecular weight excluding hydrogens is 204 g/mol. The number of hydrogen-bond acceptors (Lipinski definition) is 2. The van der Waals surface area contributed by atoms with E-state index < -0.39 is 0 Å². The summed E-state index contributed by atoms with van der Waals surface area (Å²) in [5.74, 6) is 0.433. The number of carbonyl (C=O) groups excluding carboxylic acids is 2. The molecule has 4 heteroatoms. The van der Waals surface area contributed by atoms with Crippen LogP contribution in [0.2, 0.25) is 0 Å². The van der Waals surface area contributed by atoms with E-state index in [0.29, 0.717) is 12.5 Å². The van der Waals surface area contributed by atoms with E-state index in [-0.39, 0.29) is 23.9 Å². The average molecular weight is 226 g/mol.